The normalized spacial score (nSPS) is 18.1. The Balaban J connectivity index is 1.98. The number of halogens is 1. The molecule has 0 saturated carbocycles. The number of likely N-dealkylation sites (N-methyl/N-ethyl adjacent to an activating group) is 1. The lowest BCUT2D eigenvalue weighted by molar-refractivity contribution is -0.119. The van der Waals surface area contributed by atoms with Crippen molar-refractivity contribution in [1.82, 2.24) is 4.90 Å². The number of benzene rings is 2. The van der Waals surface area contributed by atoms with Crippen molar-refractivity contribution >= 4 is 43.6 Å². The number of carbonyl (C=O) groups is 2. The number of anilines is 1. The van der Waals surface area contributed by atoms with Gasteiger partial charge in [0.1, 0.15) is 6.04 Å². The maximum Gasteiger partial charge on any atom is 0.332 e. The number of nitrogens with zero attached hydrogens (tertiary/aromatic N) is 2. The third-order valence-corrected chi connectivity index (χ3v) is 5.34. The van der Waals surface area contributed by atoms with Crippen LogP contribution < -0.4 is 10.0 Å². The average molecular weight is 424 g/mol. The van der Waals surface area contributed by atoms with Crippen molar-refractivity contribution in [2.45, 2.75) is 10.9 Å². The Morgan fingerprint density at radius 1 is 1.08 bits per heavy atom. The minimum atomic E-state index is -3.84. The molecule has 1 unspecified atom stereocenters. The summed E-state index contributed by atoms with van der Waals surface area (Å²) in [6, 6.07) is 11.2. The van der Waals surface area contributed by atoms with Gasteiger partial charge in [-0.05, 0) is 42.0 Å². The lowest BCUT2D eigenvalue weighted by Crippen LogP contribution is -2.31. The molecule has 1 aliphatic rings. The summed E-state index contributed by atoms with van der Waals surface area (Å²) in [4.78, 5) is 27.6. The van der Waals surface area contributed by atoms with Gasteiger partial charge in [0.15, 0.2) is 0 Å². The molecule has 1 aliphatic heterocycles. The monoisotopic (exact) mass is 423 g/mol. The molecule has 3 amide bonds. The van der Waals surface area contributed by atoms with Gasteiger partial charge in [-0.1, -0.05) is 28.1 Å². The summed E-state index contributed by atoms with van der Waals surface area (Å²) in [6.45, 7) is 0. The highest BCUT2D eigenvalue weighted by molar-refractivity contribution is 9.10. The Hall–Kier alpha value is -2.23. The molecule has 0 radical (unpaired) electrons. The minimum Gasteiger partial charge on any atom is -0.311 e. The third-order valence-electron chi connectivity index (χ3n) is 3.92. The molecule has 9 heteroatoms. The van der Waals surface area contributed by atoms with Crippen molar-refractivity contribution in [1.29, 1.82) is 0 Å². The molecule has 2 aromatic carbocycles. The summed E-state index contributed by atoms with van der Waals surface area (Å²) >= 11 is 3.35. The van der Waals surface area contributed by atoms with Crippen LogP contribution in [0.15, 0.2) is 57.9 Å². The van der Waals surface area contributed by atoms with Crippen molar-refractivity contribution in [3.05, 3.63) is 58.6 Å². The molecule has 0 aromatic heterocycles. The summed E-state index contributed by atoms with van der Waals surface area (Å²) in [5.41, 5.74) is 0.964. The molecule has 1 saturated heterocycles. The van der Waals surface area contributed by atoms with Gasteiger partial charge in [-0.15, -0.1) is 0 Å². The zero-order chi connectivity index (χ0) is 18.4. The fourth-order valence-electron chi connectivity index (χ4n) is 2.72. The number of nitrogens with two attached hydrogens (primary N) is 1. The van der Waals surface area contributed by atoms with Gasteiger partial charge in [0, 0.05) is 11.5 Å². The van der Waals surface area contributed by atoms with Crippen LogP contribution in [0.2, 0.25) is 0 Å². The van der Waals surface area contributed by atoms with Crippen LogP contribution in [0.25, 0.3) is 0 Å². The second-order valence-corrected chi connectivity index (χ2v) is 8.04. The van der Waals surface area contributed by atoms with Gasteiger partial charge in [-0.2, -0.15) is 0 Å². The van der Waals surface area contributed by atoms with Crippen molar-refractivity contribution in [3.63, 3.8) is 0 Å². The molecule has 2 N–H and O–H groups in total. The zero-order valence-corrected chi connectivity index (χ0v) is 15.5. The molecular formula is C16H14BrN3O4S. The van der Waals surface area contributed by atoms with Gasteiger partial charge in [-0.3, -0.25) is 4.79 Å². The van der Waals surface area contributed by atoms with Crippen LogP contribution >= 0.6 is 15.9 Å². The van der Waals surface area contributed by atoms with Gasteiger partial charge in [0.05, 0.1) is 10.6 Å². The van der Waals surface area contributed by atoms with Gasteiger partial charge < -0.3 is 4.90 Å². The molecule has 2 aromatic rings. The van der Waals surface area contributed by atoms with Crippen LogP contribution in [0.4, 0.5) is 10.5 Å². The quantitative estimate of drug-likeness (QED) is 0.764. The third kappa shape index (κ3) is 3.17. The largest absolute Gasteiger partial charge is 0.332 e. The van der Waals surface area contributed by atoms with Crippen molar-refractivity contribution in [3.8, 4) is 0 Å². The van der Waals surface area contributed by atoms with E-state index in [0.717, 1.165) is 9.37 Å². The number of sulfonamides is 1. The molecular weight excluding hydrogens is 410 g/mol. The van der Waals surface area contributed by atoms with E-state index in [2.05, 4.69) is 15.9 Å². The summed E-state index contributed by atoms with van der Waals surface area (Å²) < 4.78 is 23.5. The minimum absolute atomic E-state index is 0.0905. The summed E-state index contributed by atoms with van der Waals surface area (Å²) in [5, 5.41) is 5.06. The smallest absolute Gasteiger partial charge is 0.311 e. The molecule has 1 atom stereocenters. The van der Waals surface area contributed by atoms with Crippen LogP contribution in [-0.4, -0.2) is 32.3 Å². The standard InChI is InChI=1S/C16H14BrN3O4S/c1-19-14(10-3-2-4-11(17)9-10)15(21)20(16(19)22)12-5-7-13(8-6-12)25(18,23)24/h2-9,14H,1H3,(H2,18,23,24). The Morgan fingerprint density at radius 2 is 1.72 bits per heavy atom. The van der Waals surface area contributed by atoms with Crippen LogP contribution in [0.1, 0.15) is 11.6 Å². The maximum atomic E-state index is 12.8. The lowest BCUT2D eigenvalue weighted by atomic mass is 10.1. The number of hydrogen-bond acceptors (Lipinski definition) is 4. The SMILES string of the molecule is CN1C(=O)N(c2ccc(S(N)(=O)=O)cc2)C(=O)C1c1cccc(Br)c1. The first kappa shape index (κ1) is 17.6. The number of rotatable bonds is 3. The first-order valence-corrected chi connectivity index (χ1v) is 9.53. The number of imide groups is 1. The number of hydrogen-bond donors (Lipinski definition) is 1. The van der Waals surface area contributed by atoms with E-state index in [1.54, 1.807) is 25.2 Å². The second-order valence-electron chi connectivity index (χ2n) is 5.56. The Labute approximate surface area is 153 Å². The molecule has 3 rings (SSSR count). The average Bonchev–Trinajstić information content (AvgIpc) is 2.76. The van der Waals surface area contributed by atoms with Crippen LogP contribution in [-0.2, 0) is 14.8 Å². The van der Waals surface area contributed by atoms with Crippen molar-refractivity contribution in [2.75, 3.05) is 11.9 Å². The van der Waals surface area contributed by atoms with E-state index >= 15 is 0 Å². The Morgan fingerprint density at radius 3 is 2.28 bits per heavy atom. The number of carbonyl (C=O) groups excluding carboxylic acids is 2. The van der Waals surface area contributed by atoms with E-state index in [0.29, 0.717) is 5.56 Å². The van der Waals surface area contributed by atoms with Gasteiger partial charge in [0.25, 0.3) is 5.91 Å². The topological polar surface area (TPSA) is 101 Å². The summed E-state index contributed by atoms with van der Waals surface area (Å²) in [5.74, 6) is -0.408. The van der Waals surface area contributed by atoms with Gasteiger partial charge in [0.2, 0.25) is 10.0 Å². The summed E-state index contributed by atoms with van der Waals surface area (Å²) in [7, 11) is -2.30. The number of primary sulfonamides is 1. The van der Waals surface area contributed by atoms with E-state index < -0.39 is 28.0 Å². The molecule has 130 valence electrons. The van der Waals surface area contributed by atoms with E-state index in [1.807, 2.05) is 6.07 Å². The van der Waals surface area contributed by atoms with Crippen LogP contribution in [0, 0.1) is 0 Å². The molecule has 0 bridgehead atoms. The first-order valence-electron chi connectivity index (χ1n) is 7.19. The van der Waals surface area contributed by atoms with E-state index in [-0.39, 0.29) is 10.6 Å². The fraction of sp³-hybridized carbons (Fsp3) is 0.125. The van der Waals surface area contributed by atoms with Crippen molar-refractivity contribution < 1.29 is 18.0 Å². The van der Waals surface area contributed by atoms with Crippen molar-refractivity contribution in [2.24, 2.45) is 5.14 Å². The first-order chi connectivity index (χ1) is 11.7. The zero-order valence-electron chi connectivity index (χ0n) is 13.1. The highest BCUT2D eigenvalue weighted by Gasteiger charge is 2.44. The highest BCUT2D eigenvalue weighted by atomic mass is 79.9. The van der Waals surface area contributed by atoms with E-state index in [1.165, 1.54) is 29.2 Å². The van der Waals surface area contributed by atoms with Gasteiger partial charge >= 0.3 is 6.03 Å². The molecule has 25 heavy (non-hydrogen) atoms. The lowest BCUT2D eigenvalue weighted by Gasteiger charge is -2.16. The predicted octanol–water partition coefficient (Wildman–Crippen LogP) is 2.24. The number of amides is 3. The fourth-order valence-corrected chi connectivity index (χ4v) is 3.65. The highest BCUT2D eigenvalue weighted by Crippen LogP contribution is 2.34. The Bertz CT molecular complexity index is 960. The van der Waals surface area contributed by atoms with E-state index in [9.17, 15) is 18.0 Å². The van der Waals surface area contributed by atoms with Gasteiger partial charge in [-0.25, -0.2) is 23.3 Å². The molecule has 7 nitrogen and oxygen atoms in total. The number of urea groups is 1. The maximum absolute atomic E-state index is 12.8. The molecule has 1 heterocycles. The Kier molecular flexibility index (Phi) is 4.40. The second kappa shape index (κ2) is 6.25. The molecule has 0 spiro atoms. The van der Waals surface area contributed by atoms with E-state index in [4.69, 9.17) is 5.14 Å². The van der Waals surface area contributed by atoms with Crippen LogP contribution in [0.5, 0.6) is 0 Å². The van der Waals surface area contributed by atoms with Crippen LogP contribution in [0.3, 0.4) is 0 Å². The summed E-state index contributed by atoms with van der Waals surface area (Å²) in [6.07, 6.45) is 0. The predicted molar refractivity (Wildman–Crippen MR) is 95.3 cm³/mol. The molecule has 1 fully saturated rings. The molecule has 0 aliphatic carbocycles.